The van der Waals surface area contributed by atoms with Gasteiger partial charge in [0.15, 0.2) is 0 Å². The Labute approximate surface area is 207 Å². The van der Waals surface area contributed by atoms with E-state index >= 15 is 0 Å². The summed E-state index contributed by atoms with van der Waals surface area (Å²) >= 11 is -0.719. The first-order chi connectivity index (χ1) is 11.9. The van der Waals surface area contributed by atoms with E-state index in [0.29, 0.717) is 0 Å². The third-order valence-corrected chi connectivity index (χ3v) is 13.4. The van der Waals surface area contributed by atoms with Crippen LogP contribution in [0.4, 0.5) is 0 Å². The maximum Gasteiger partial charge on any atom is -1.00 e. The van der Waals surface area contributed by atoms with Crippen molar-refractivity contribution in [1.82, 2.24) is 0 Å². The smallest absolute Gasteiger partial charge is 1.00 e. The fraction of sp³-hybridized carbons (Fsp3) is 0.667. The topological polar surface area (TPSA) is 0 Å². The Balaban J connectivity index is 0.00000392. The molecule has 5 heteroatoms. The third-order valence-electron chi connectivity index (χ3n) is 5.58. The van der Waals surface area contributed by atoms with Gasteiger partial charge in [-0.05, 0) is 0 Å². The Kier molecular flexibility index (Phi) is 10.1. The molecule has 2 aliphatic carbocycles. The molecule has 0 bridgehead atoms. The first-order valence-corrected chi connectivity index (χ1v) is 20.1. The molecule has 2 rings (SSSR count). The number of hydrogen-bond acceptors (Lipinski definition) is 0. The van der Waals surface area contributed by atoms with Gasteiger partial charge in [-0.2, -0.15) is 0 Å². The summed E-state index contributed by atoms with van der Waals surface area (Å²) in [6.07, 6.45) is 7.76. The maximum absolute atomic E-state index is 2.63. The summed E-state index contributed by atoms with van der Waals surface area (Å²) in [5, 5.41) is 3.53. The van der Waals surface area contributed by atoms with Gasteiger partial charge in [-0.15, -0.1) is 0 Å². The molecule has 0 aliphatic heterocycles. The van der Waals surface area contributed by atoms with E-state index in [-0.39, 0.29) is 35.6 Å². The molecule has 164 valence electrons. The van der Waals surface area contributed by atoms with E-state index in [1.165, 1.54) is 12.8 Å². The van der Waals surface area contributed by atoms with E-state index in [1.807, 2.05) is 6.56 Å². The van der Waals surface area contributed by atoms with Crippen molar-refractivity contribution in [2.45, 2.75) is 93.7 Å². The van der Waals surface area contributed by atoms with Crippen molar-refractivity contribution in [3.8, 4) is 0 Å². The minimum Gasteiger partial charge on any atom is -1.00 e. The quantitative estimate of drug-likeness (QED) is 0.472. The van der Waals surface area contributed by atoms with Gasteiger partial charge in [0.1, 0.15) is 0 Å². The Hall–Kier alpha value is 0.857. The average Bonchev–Trinajstić information content (AvgIpc) is 3.00. The van der Waals surface area contributed by atoms with Gasteiger partial charge in [0.25, 0.3) is 0 Å². The van der Waals surface area contributed by atoms with E-state index in [1.54, 1.807) is 21.5 Å². The second-order valence-corrected chi connectivity index (χ2v) is 26.1. The van der Waals surface area contributed by atoms with Crippen LogP contribution in [0, 0.1) is 10.8 Å². The molecule has 0 aromatic carbocycles. The summed E-state index contributed by atoms with van der Waals surface area (Å²) in [5.41, 5.74) is 4.12. The zero-order valence-electron chi connectivity index (χ0n) is 20.8. The van der Waals surface area contributed by atoms with E-state index in [4.69, 9.17) is 0 Å². The summed E-state index contributed by atoms with van der Waals surface area (Å²) in [5.74, 6) is 0. The van der Waals surface area contributed by atoms with Crippen molar-refractivity contribution < 1.29 is 48.0 Å². The third kappa shape index (κ3) is 6.92. The van der Waals surface area contributed by atoms with Crippen molar-refractivity contribution in [1.29, 1.82) is 0 Å². The van der Waals surface area contributed by atoms with Gasteiger partial charge in [0, 0.05) is 0 Å². The number of rotatable bonds is 4. The fourth-order valence-corrected chi connectivity index (χ4v) is 14.2. The van der Waals surface area contributed by atoms with E-state index in [2.05, 4.69) is 93.0 Å². The average molecular weight is 549 g/mol. The van der Waals surface area contributed by atoms with Crippen LogP contribution < -0.4 is 24.8 Å². The van der Waals surface area contributed by atoms with E-state index in [9.17, 15) is 0 Å². The summed E-state index contributed by atoms with van der Waals surface area (Å²) < 4.78 is 3.76. The molecule has 2 aliphatic rings. The van der Waals surface area contributed by atoms with Crippen LogP contribution in [0.3, 0.4) is 0 Å². The molecule has 0 fully saturated rings. The summed E-state index contributed by atoms with van der Waals surface area (Å²) in [6.45, 7) is 29.8. The molecule has 0 saturated carbocycles. The normalized spacial score (nSPS) is 18.2. The zero-order valence-corrected chi connectivity index (χ0v) is 26.8. The first kappa shape index (κ1) is 29.9. The predicted octanol–water partition coefficient (Wildman–Crippen LogP) is 2.09. The Morgan fingerprint density at radius 1 is 0.621 bits per heavy atom. The molecule has 0 N–H and O–H groups in total. The van der Waals surface area contributed by atoms with E-state index in [0.717, 1.165) is 0 Å². The van der Waals surface area contributed by atoms with Gasteiger partial charge < -0.3 is 24.8 Å². The molecule has 0 nitrogen and oxygen atoms in total. The van der Waals surface area contributed by atoms with Crippen molar-refractivity contribution in [2.24, 2.45) is 10.8 Å². The molecule has 0 atom stereocenters. The van der Waals surface area contributed by atoms with Crippen LogP contribution in [0.25, 0.3) is 0 Å². The van der Waals surface area contributed by atoms with Gasteiger partial charge in [-0.1, -0.05) is 0 Å². The molecule has 0 unspecified atom stereocenters. The van der Waals surface area contributed by atoms with Crippen LogP contribution in [0.1, 0.15) is 54.4 Å². The van der Waals surface area contributed by atoms with E-state index < -0.39 is 39.4 Å². The molecule has 0 heterocycles. The van der Waals surface area contributed by atoms with Crippen molar-refractivity contribution in [3.05, 3.63) is 40.3 Å². The van der Waals surface area contributed by atoms with Crippen LogP contribution in [0.2, 0.25) is 39.3 Å². The number of allylic oxidation sites excluding steroid dienone is 8. The van der Waals surface area contributed by atoms with Crippen LogP contribution in [-0.2, 0) is 23.2 Å². The van der Waals surface area contributed by atoms with Gasteiger partial charge in [0.05, 0.1) is 0 Å². The Morgan fingerprint density at radius 2 is 0.897 bits per heavy atom. The predicted molar refractivity (Wildman–Crippen MR) is 125 cm³/mol. The summed E-state index contributed by atoms with van der Waals surface area (Å²) in [4.78, 5) is 0. The second-order valence-electron chi connectivity index (χ2n) is 12.5. The second kappa shape index (κ2) is 9.78. The Bertz CT molecular complexity index is 680. The van der Waals surface area contributed by atoms with Gasteiger partial charge in [0.2, 0.25) is 0 Å². The fourth-order valence-electron chi connectivity index (χ4n) is 4.63. The van der Waals surface area contributed by atoms with Crippen LogP contribution in [0.15, 0.2) is 40.3 Å². The molecule has 0 aromatic heterocycles. The van der Waals surface area contributed by atoms with Gasteiger partial charge >= 0.3 is 184 Å². The largest absolute Gasteiger partial charge is 1.00 e. The van der Waals surface area contributed by atoms with Crippen molar-refractivity contribution >= 4 is 16.1 Å². The van der Waals surface area contributed by atoms with Gasteiger partial charge in [-0.3, -0.25) is 0 Å². The molecule has 0 saturated heterocycles. The minimum absolute atomic E-state index is 0. The maximum atomic E-state index is 2.63. The molecular weight excluding hydrogens is 507 g/mol. The van der Waals surface area contributed by atoms with Gasteiger partial charge in [-0.25, -0.2) is 0 Å². The SMILES string of the molecule is CC(C)(C)C1=[C]([Zr+2][C]2=C(C(C)(C)C)C([Si](C)(C)C)=CC2)CC=C1[Si](C)(C)C.[Cl-].[Cl-]. The standard InChI is InChI=1S/2C12H21Si.2ClH.Zr/c2*1-12(2,3)10-8-7-9-11(10)13(4,5)6;;;/h2*9H,7H2,1-6H3;2*1H;/q;;;;+2/p-2. The number of hydrogen-bond donors (Lipinski definition) is 0. The molecular formula is C24H42Cl2Si2Zr. The molecule has 0 radical (unpaired) electrons. The Morgan fingerprint density at radius 3 is 1.10 bits per heavy atom. The number of halogens is 2. The summed E-state index contributed by atoms with van der Waals surface area (Å²) in [6, 6.07) is 0. The van der Waals surface area contributed by atoms with Crippen molar-refractivity contribution in [3.63, 3.8) is 0 Å². The van der Waals surface area contributed by atoms with Crippen molar-refractivity contribution in [2.75, 3.05) is 0 Å². The molecule has 0 spiro atoms. The van der Waals surface area contributed by atoms with Crippen LogP contribution >= 0.6 is 0 Å². The molecule has 0 aromatic rings. The molecule has 0 amide bonds. The minimum atomic E-state index is -1.28. The molecule has 29 heavy (non-hydrogen) atoms. The summed E-state index contributed by atoms with van der Waals surface area (Å²) in [7, 11) is -2.57. The van der Waals surface area contributed by atoms with Crippen LogP contribution in [0.5, 0.6) is 0 Å². The monoisotopic (exact) mass is 546 g/mol. The van der Waals surface area contributed by atoms with Crippen LogP contribution in [-0.4, -0.2) is 16.1 Å². The first-order valence-electron chi connectivity index (χ1n) is 10.6. The zero-order chi connectivity index (χ0) is 21.0.